The van der Waals surface area contributed by atoms with Gasteiger partial charge in [-0.1, -0.05) is 241 Å². The lowest BCUT2D eigenvalue weighted by molar-refractivity contribution is 0.660. The summed E-state index contributed by atoms with van der Waals surface area (Å²) in [6.07, 6.45) is 0. The first-order valence-corrected chi connectivity index (χ1v) is 29.8. The molecule has 84 heavy (non-hydrogen) atoms. The molecule has 3 aliphatic rings. The fourth-order valence-electron chi connectivity index (χ4n) is 14.0. The molecule has 0 saturated carbocycles. The molecule has 0 aromatic heterocycles. The third-order valence-electron chi connectivity index (χ3n) is 18.5. The van der Waals surface area contributed by atoms with Crippen LogP contribution in [0.2, 0.25) is 0 Å². The predicted octanol–water partition coefficient (Wildman–Crippen LogP) is 21.5. The summed E-state index contributed by atoms with van der Waals surface area (Å²) in [6, 6.07) is 90.3. The molecule has 3 nitrogen and oxygen atoms in total. The van der Waals surface area contributed by atoms with Crippen LogP contribution < -0.4 is 14.7 Å². The molecule has 0 unspecified atom stereocenters. The molecule has 416 valence electrons. The highest BCUT2D eigenvalue weighted by Crippen LogP contribution is 2.53. The van der Waals surface area contributed by atoms with E-state index in [1.807, 2.05) is 0 Å². The molecule has 0 amide bonds. The van der Waals surface area contributed by atoms with Gasteiger partial charge in [0, 0.05) is 77.1 Å². The molecule has 3 heteroatoms. The summed E-state index contributed by atoms with van der Waals surface area (Å²) < 4.78 is 0. The van der Waals surface area contributed by atoms with Crippen molar-refractivity contribution in [1.82, 2.24) is 0 Å². The van der Waals surface area contributed by atoms with Crippen LogP contribution in [0.5, 0.6) is 0 Å². The Labute approximate surface area is 500 Å². The highest BCUT2D eigenvalue weighted by atomic mass is 15.1. The minimum absolute atomic E-state index is 0.0156. The average Bonchev–Trinajstić information content (AvgIpc) is 1.89. The fourth-order valence-corrected chi connectivity index (χ4v) is 14.0. The van der Waals surface area contributed by atoms with Crippen LogP contribution in [0.15, 0.2) is 249 Å². The van der Waals surface area contributed by atoms with E-state index < -0.39 is 0 Å². The van der Waals surface area contributed by atoms with Crippen molar-refractivity contribution in [1.29, 1.82) is 0 Å². The molecule has 0 bridgehead atoms. The number of nitrogens with zero attached hydrogens (tertiary/aromatic N) is 3. The lowest BCUT2D eigenvalue weighted by Gasteiger charge is -2.27. The van der Waals surface area contributed by atoms with E-state index >= 15 is 0 Å². The number of rotatable bonds is 8. The van der Waals surface area contributed by atoms with Crippen molar-refractivity contribution in [3.8, 4) is 55.6 Å². The van der Waals surface area contributed by atoms with Crippen LogP contribution in [-0.2, 0) is 16.2 Å². The largest absolute Gasteiger partial charge is 0.345 e. The number of para-hydroxylation sites is 1. The van der Waals surface area contributed by atoms with E-state index in [1.165, 1.54) is 140 Å². The summed E-state index contributed by atoms with van der Waals surface area (Å²) in [7, 11) is 6.49. The van der Waals surface area contributed by atoms with E-state index in [9.17, 15) is 0 Å². The molecule has 0 spiro atoms. The molecule has 14 rings (SSSR count). The zero-order valence-electron chi connectivity index (χ0n) is 51.0. The van der Waals surface area contributed by atoms with Crippen LogP contribution in [0.25, 0.3) is 55.6 Å². The van der Waals surface area contributed by atoms with E-state index in [1.54, 1.807) is 0 Å². The number of aryl methyl sites for hydroxylation is 3. The van der Waals surface area contributed by atoms with Crippen LogP contribution in [0.4, 0.5) is 34.1 Å². The Balaban J connectivity index is 0.000000124. The molecule has 0 radical (unpaired) electrons. The number of hydrogen-bond acceptors (Lipinski definition) is 3. The molecule has 0 saturated heterocycles. The van der Waals surface area contributed by atoms with Gasteiger partial charge in [-0.25, -0.2) is 0 Å². The van der Waals surface area contributed by atoms with Crippen molar-refractivity contribution >= 4 is 34.1 Å². The fraction of sp³-hybridized carbons (Fsp3) is 0.185. The van der Waals surface area contributed by atoms with Gasteiger partial charge < -0.3 is 14.7 Å². The Morgan fingerprint density at radius 2 is 0.571 bits per heavy atom. The first kappa shape index (κ1) is 55.4. The van der Waals surface area contributed by atoms with Crippen LogP contribution in [0, 0.1) is 20.8 Å². The second-order valence-electron chi connectivity index (χ2n) is 24.9. The smallest absolute Gasteiger partial charge is 0.0487 e. The van der Waals surface area contributed by atoms with Crippen molar-refractivity contribution in [3.63, 3.8) is 0 Å². The highest BCUT2D eigenvalue weighted by molar-refractivity contribution is 5.88. The third kappa shape index (κ3) is 9.80. The van der Waals surface area contributed by atoms with E-state index in [2.05, 4.69) is 347 Å². The standard InChI is InChI=1S/2C28H25N.C25H27N/c1-28(2)25-15-9-7-14-23(25)24-18-17-21(19-26(24)28)29(3)27-16-10-8-13-22(27)20-11-5-4-6-12-20;1-28(2)26-12-8-7-11-24(26)25-18-17-23(19-27(25)28)29(3)22-15-13-21(14-16-22)20-9-5-4-6-10-20;1-16-13-17(2)24(18(3)14-16)26(6)19-11-12-21-20-9-7-8-10-22(20)25(4,5)23(21)15-19/h2*4-19H,1-3H3;7-15H,1-6H3. The molecular weight excluding hydrogens is 1010 g/mol. The normalized spacial score (nSPS) is 13.8. The first-order valence-electron chi connectivity index (χ1n) is 29.8. The highest BCUT2D eigenvalue weighted by Gasteiger charge is 2.38. The van der Waals surface area contributed by atoms with Crippen LogP contribution in [0.3, 0.4) is 0 Å². The third-order valence-corrected chi connectivity index (χ3v) is 18.5. The quantitative estimate of drug-likeness (QED) is 0.150. The average molecular weight is 1090 g/mol. The number of hydrogen-bond donors (Lipinski definition) is 0. The van der Waals surface area contributed by atoms with Crippen molar-refractivity contribution in [2.75, 3.05) is 35.8 Å². The number of fused-ring (bicyclic) bond motifs is 9. The second kappa shape index (κ2) is 21.9. The summed E-state index contributed by atoms with van der Waals surface area (Å²) in [5, 5.41) is 0. The molecule has 3 aliphatic carbocycles. The Morgan fingerprint density at radius 3 is 1.01 bits per heavy atom. The Kier molecular flexibility index (Phi) is 14.4. The summed E-state index contributed by atoms with van der Waals surface area (Å²) in [5.41, 5.74) is 33.2. The lowest BCUT2D eigenvalue weighted by Crippen LogP contribution is -2.17. The van der Waals surface area contributed by atoms with Gasteiger partial charge >= 0.3 is 0 Å². The summed E-state index contributed by atoms with van der Waals surface area (Å²) in [4.78, 5) is 6.92. The molecule has 0 aliphatic heterocycles. The number of benzene rings is 11. The molecule has 0 atom stereocenters. The summed E-state index contributed by atoms with van der Waals surface area (Å²) in [6.45, 7) is 20.6. The monoisotopic (exact) mass is 1090 g/mol. The van der Waals surface area contributed by atoms with Crippen molar-refractivity contribution < 1.29 is 0 Å². The molecule has 11 aromatic rings. The van der Waals surface area contributed by atoms with Crippen LogP contribution in [-0.4, -0.2) is 21.1 Å². The van der Waals surface area contributed by atoms with Gasteiger partial charge in [0.15, 0.2) is 0 Å². The predicted molar refractivity (Wildman–Crippen MR) is 361 cm³/mol. The van der Waals surface area contributed by atoms with Gasteiger partial charge in [0.05, 0.1) is 0 Å². The molecule has 0 fully saturated rings. The van der Waals surface area contributed by atoms with E-state index in [-0.39, 0.29) is 16.2 Å². The van der Waals surface area contributed by atoms with Gasteiger partial charge in [0.2, 0.25) is 0 Å². The molecule has 0 N–H and O–H groups in total. The van der Waals surface area contributed by atoms with Gasteiger partial charge in [0.1, 0.15) is 0 Å². The summed E-state index contributed by atoms with van der Waals surface area (Å²) >= 11 is 0. The van der Waals surface area contributed by atoms with Gasteiger partial charge in [0.25, 0.3) is 0 Å². The first-order chi connectivity index (χ1) is 40.4. The van der Waals surface area contributed by atoms with Gasteiger partial charge in [-0.3, -0.25) is 0 Å². The minimum Gasteiger partial charge on any atom is -0.345 e. The van der Waals surface area contributed by atoms with E-state index in [4.69, 9.17) is 0 Å². The molecule has 0 heterocycles. The van der Waals surface area contributed by atoms with Crippen molar-refractivity contribution in [2.24, 2.45) is 0 Å². The maximum absolute atomic E-state index is 2.38. The van der Waals surface area contributed by atoms with Crippen LogP contribution >= 0.6 is 0 Å². The minimum atomic E-state index is 0.0156. The van der Waals surface area contributed by atoms with Gasteiger partial charge in [-0.05, 0) is 170 Å². The second-order valence-corrected chi connectivity index (χ2v) is 24.9. The Hall–Kier alpha value is -9.18. The number of anilines is 6. The maximum Gasteiger partial charge on any atom is 0.0487 e. The zero-order chi connectivity index (χ0) is 58.7. The Morgan fingerprint density at radius 1 is 0.250 bits per heavy atom. The molecule has 11 aromatic carbocycles. The maximum atomic E-state index is 2.38. The lowest BCUT2D eigenvalue weighted by atomic mass is 9.82. The molecular formula is C81H77N3. The Bertz CT molecular complexity index is 4220. The van der Waals surface area contributed by atoms with E-state index in [0.717, 1.165) is 0 Å². The van der Waals surface area contributed by atoms with Gasteiger partial charge in [-0.2, -0.15) is 0 Å². The summed E-state index contributed by atoms with van der Waals surface area (Å²) in [5.74, 6) is 0. The SMILES string of the molecule is CN(c1ccc(-c2ccccc2)cc1)c1ccc2c(c1)C(C)(C)c1ccccc1-2.CN(c1ccc2c(c1)C(C)(C)c1ccccc1-2)c1ccccc1-c1ccccc1.Cc1cc(C)c(N(C)c2ccc3c(c2)C(C)(C)c2ccccc2-3)c(C)c1. The van der Waals surface area contributed by atoms with Crippen LogP contribution in [0.1, 0.15) is 91.6 Å². The topological polar surface area (TPSA) is 9.72 Å². The van der Waals surface area contributed by atoms with Crippen molar-refractivity contribution in [2.45, 2.75) is 78.6 Å². The van der Waals surface area contributed by atoms with Gasteiger partial charge in [-0.15, -0.1) is 0 Å². The van der Waals surface area contributed by atoms with Crippen molar-refractivity contribution in [3.05, 3.63) is 299 Å². The van der Waals surface area contributed by atoms with E-state index in [0.29, 0.717) is 0 Å². The zero-order valence-corrected chi connectivity index (χ0v) is 51.0.